The predicted octanol–water partition coefficient (Wildman–Crippen LogP) is 3.75. The van der Waals surface area contributed by atoms with Crippen LogP contribution in [0.2, 0.25) is 0 Å². The van der Waals surface area contributed by atoms with Crippen LogP contribution in [-0.4, -0.2) is 4.98 Å². The van der Waals surface area contributed by atoms with E-state index in [2.05, 4.69) is 18.2 Å². The van der Waals surface area contributed by atoms with Gasteiger partial charge in [0.25, 0.3) is 0 Å². The molecule has 1 aliphatic rings. The summed E-state index contributed by atoms with van der Waals surface area (Å²) in [5.41, 5.74) is 2.33. The molecule has 0 bridgehead atoms. The van der Waals surface area contributed by atoms with E-state index in [9.17, 15) is 0 Å². The Morgan fingerprint density at radius 3 is 2.71 bits per heavy atom. The van der Waals surface area contributed by atoms with Gasteiger partial charge in [0.05, 0.1) is 18.2 Å². The monoisotopic (exact) mass is 240 g/mol. The van der Waals surface area contributed by atoms with Gasteiger partial charge in [0.15, 0.2) is 0 Å². The van der Waals surface area contributed by atoms with Crippen molar-refractivity contribution in [2.75, 3.05) is 0 Å². The van der Waals surface area contributed by atoms with E-state index in [1.807, 2.05) is 18.2 Å². The summed E-state index contributed by atoms with van der Waals surface area (Å²) in [6.45, 7) is 0. The van der Waals surface area contributed by atoms with E-state index in [4.69, 9.17) is 10.2 Å². The zero-order valence-electron chi connectivity index (χ0n) is 9.39. The van der Waals surface area contributed by atoms with Crippen molar-refractivity contribution in [2.24, 2.45) is 0 Å². The number of aromatic nitrogens is 1. The molecule has 2 nitrogen and oxygen atoms in total. The molecule has 1 aromatic heterocycles. The fourth-order valence-corrected chi connectivity index (χ4v) is 3.03. The number of rotatable bonds is 3. The van der Waals surface area contributed by atoms with Gasteiger partial charge in [0.1, 0.15) is 5.01 Å². The third-order valence-electron chi connectivity index (χ3n) is 2.95. The van der Waals surface area contributed by atoms with Crippen LogP contribution in [0.4, 0.5) is 0 Å². The third-order valence-corrected chi connectivity index (χ3v) is 4.07. The van der Waals surface area contributed by atoms with Crippen LogP contribution in [0.5, 0.6) is 0 Å². The van der Waals surface area contributed by atoms with Crippen LogP contribution in [0.25, 0.3) is 10.6 Å². The van der Waals surface area contributed by atoms with E-state index in [1.54, 1.807) is 11.3 Å². The van der Waals surface area contributed by atoms with Crippen molar-refractivity contribution in [1.29, 1.82) is 5.26 Å². The SMILES string of the molecule is N#CCc1sc(-c2ccccc2)nc1C1CC1. The first-order valence-corrected chi connectivity index (χ1v) is 6.62. The Labute approximate surface area is 105 Å². The summed E-state index contributed by atoms with van der Waals surface area (Å²) in [6.07, 6.45) is 2.96. The number of nitrogens with zero attached hydrogens (tertiary/aromatic N) is 2. The van der Waals surface area contributed by atoms with Crippen LogP contribution in [-0.2, 0) is 6.42 Å². The lowest BCUT2D eigenvalue weighted by molar-refractivity contribution is 1.02. The predicted molar refractivity (Wildman–Crippen MR) is 68.8 cm³/mol. The second kappa shape index (κ2) is 4.31. The first-order valence-electron chi connectivity index (χ1n) is 5.80. The third kappa shape index (κ3) is 2.09. The van der Waals surface area contributed by atoms with Gasteiger partial charge in [-0.15, -0.1) is 11.3 Å². The molecular formula is C14H12N2S. The highest BCUT2D eigenvalue weighted by molar-refractivity contribution is 7.15. The molecule has 2 aromatic rings. The molecule has 0 atom stereocenters. The van der Waals surface area contributed by atoms with E-state index < -0.39 is 0 Å². The lowest BCUT2D eigenvalue weighted by Gasteiger charge is -1.93. The minimum Gasteiger partial charge on any atom is -0.240 e. The maximum Gasteiger partial charge on any atom is 0.123 e. The molecule has 1 aliphatic carbocycles. The number of hydrogen-bond donors (Lipinski definition) is 0. The zero-order valence-corrected chi connectivity index (χ0v) is 10.2. The minimum absolute atomic E-state index is 0.496. The van der Waals surface area contributed by atoms with Crippen molar-refractivity contribution in [3.05, 3.63) is 40.9 Å². The van der Waals surface area contributed by atoms with E-state index in [0.717, 1.165) is 15.4 Å². The summed E-state index contributed by atoms with van der Waals surface area (Å²) < 4.78 is 0. The molecule has 1 saturated carbocycles. The Bertz CT molecular complexity index is 562. The molecule has 0 spiro atoms. The number of benzene rings is 1. The molecule has 1 fully saturated rings. The van der Waals surface area contributed by atoms with Gasteiger partial charge in [-0.1, -0.05) is 30.3 Å². The first kappa shape index (κ1) is 10.5. The quantitative estimate of drug-likeness (QED) is 0.819. The van der Waals surface area contributed by atoms with Crippen molar-refractivity contribution < 1.29 is 0 Å². The van der Waals surface area contributed by atoms with E-state index >= 15 is 0 Å². The molecule has 0 saturated heterocycles. The Morgan fingerprint density at radius 2 is 2.06 bits per heavy atom. The van der Waals surface area contributed by atoms with Crippen LogP contribution in [0.1, 0.15) is 29.3 Å². The maximum atomic E-state index is 8.86. The average Bonchev–Trinajstić information content (AvgIpc) is 3.13. The highest BCUT2D eigenvalue weighted by Gasteiger charge is 2.29. The van der Waals surface area contributed by atoms with E-state index in [1.165, 1.54) is 18.5 Å². The van der Waals surface area contributed by atoms with Gasteiger partial charge in [0, 0.05) is 16.4 Å². The van der Waals surface area contributed by atoms with Gasteiger partial charge in [-0.3, -0.25) is 0 Å². The summed E-state index contributed by atoms with van der Waals surface area (Å²) in [4.78, 5) is 5.89. The molecule has 0 aliphatic heterocycles. The smallest absolute Gasteiger partial charge is 0.123 e. The summed E-state index contributed by atoms with van der Waals surface area (Å²) >= 11 is 1.67. The molecule has 0 N–H and O–H groups in total. The maximum absolute atomic E-state index is 8.86. The van der Waals surface area contributed by atoms with Gasteiger partial charge in [-0.2, -0.15) is 5.26 Å². The molecule has 17 heavy (non-hydrogen) atoms. The summed E-state index contributed by atoms with van der Waals surface area (Å²) in [6, 6.07) is 12.5. The van der Waals surface area contributed by atoms with E-state index in [-0.39, 0.29) is 0 Å². The zero-order chi connectivity index (χ0) is 11.7. The van der Waals surface area contributed by atoms with Crippen molar-refractivity contribution in [3.8, 4) is 16.6 Å². The van der Waals surface area contributed by atoms with Crippen LogP contribution in [0.15, 0.2) is 30.3 Å². The molecular weight excluding hydrogens is 228 g/mol. The fourth-order valence-electron chi connectivity index (χ4n) is 1.94. The second-order valence-electron chi connectivity index (χ2n) is 4.30. The highest BCUT2D eigenvalue weighted by Crippen LogP contribution is 2.44. The topological polar surface area (TPSA) is 36.7 Å². The second-order valence-corrected chi connectivity index (χ2v) is 5.39. The number of hydrogen-bond acceptors (Lipinski definition) is 3. The molecule has 0 radical (unpaired) electrons. The molecule has 0 unspecified atom stereocenters. The average molecular weight is 240 g/mol. The van der Waals surface area contributed by atoms with Gasteiger partial charge in [-0.05, 0) is 12.8 Å². The normalized spacial score (nSPS) is 14.5. The molecule has 1 heterocycles. The number of thiazole rings is 1. The standard InChI is InChI=1S/C14H12N2S/c15-9-8-12-13(10-6-7-10)16-14(17-12)11-4-2-1-3-5-11/h1-5,10H,6-8H2. The molecule has 3 heteroatoms. The van der Waals surface area contributed by atoms with Crippen LogP contribution in [0.3, 0.4) is 0 Å². The minimum atomic E-state index is 0.496. The van der Waals surface area contributed by atoms with Crippen molar-refractivity contribution >= 4 is 11.3 Å². The van der Waals surface area contributed by atoms with Crippen molar-refractivity contribution in [2.45, 2.75) is 25.2 Å². The summed E-state index contributed by atoms with van der Waals surface area (Å²) in [5.74, 6) is 0.618. The van der Waals surface area contributed by atoms with Crippen LogP contribution in [0, 0.1) is 11.3 Å². The summed E-state index contributed by atoms with van der Waals surface area (Å²) in [7, 11) is 0. The van der Waals surface area contributed by atoms with Crippen LogP contribution >= 0.6 is 11.3 Å². The Morgan fingerprint density at radius 1 is 1.29 bits per heavy atom. The Balaban J connectivity index is 2.01. The molecule has 0 amide bonds. The van der Waals surface area contributed by atoms with Gasteiger partial charge in [0.2, 0.25) is 0 Å². The first-order chi connectivity index (χ1) is 8.38. The van der Waals surface area contributed by atoms with Gasteiger partial charge < -0.3 is 0 Å². The molecule has 84 valence electrons. The molecule has 3 rings (SSSR count). The van der Waals surface area contributed by atoms with E-state index in [0.29, 0.717) is 12.3 Å². The lowest BCUT2D eigenvalue weighted by atomic mass is 10.2. The lowest BCUT2D eigenvalue weighted by Crippen LogP contribution is -1.86. The molecule has 1 aromatic carbocycles. The summed E-state index contributed by atoms with van der Waals surface area (Å²) in [5, 5.41) is 9.91. The van der Waals surface area contributed by atoms with Gasteiger partial charge in [-0.25, -0.2) is 4.98 Å². The van der Waals surface area contributed by atoms with Crippen molar-refractivity contribution in [3.63, 3.8) is 0 Å². The number of nitriles is 1. The van der Waals surface area contributed by atoms with Gasteiger partial charge >= 0.3 is 0 Å². The largest absolute Gasteiger partial charge is 0.240 e. The van der Waals surface area contributed by atoms with Crippen molar-refractivity contribution in [1.82, 2.24) is 4.98 Å². The fraction of sp³-hybridized carbons (Fsp3) is 0.286. The Hall–Kier alpha value is -1.66. The van der Waals surface area contributed by atoms with Crippen LogP contribution < -0.4 is 0 Å². The highest BCUT2D eigenvalue weighted by atomic mass is 32.1. The Kier molecular flexibility index (Phi) is 2.66.